The number of benzene rings is 1. The molecular weight excluding hydrogens is 472 g/mol. The molecule has 1 aromatic carbocycles. The van der Waals surface area contributed by atoms with Crippen molar-refractivity contribution in [2.75, 3.05) is 0 Å². The second kappa shape index (κ2) is 10.4. The van der Waals surface area contributed by atoms with Gasteiger partial charge < -0.3 is 15.4 Å². The summed E-state index contributed by atoms with van der Waals surface area (Å²) in [5, 5.41) is 8.83. The van der Waals surface area contributed by atoms with Gasteiger partial charge in [-0.05, 0) is 29.8 Å². The molecule has 0 atom stereocenters. The summed E-state index contributed by atoms with van der Waals surface area (Å²) in [5.41, 5.74) is 0.632. The Hall–Kier alpha value is -3.84. The summed E-state index contributed by atoms with van der Waals surface area (Å²) < 4.78 is 80.6. The van der Waals surface area contributed by atoms with Crippen molar-refractivity contribution in [1.29, 1.82) is 0 Å². The molecule has 3 rings (SSSR count). The van der Waals surface area contributed by atoms with Gasteiger partial charge in [0.15, 0.2) is 5.65 Å². The fourth-order valence-corrected chi connectivity index (χ4v) is 2.81. The Morgan fingerprint density at radius 2 is 1.88 bits per heavy atom. The highest BCUT2D eigenvalue weighted by Gasteiger charge is 2.27. The fourth-order valence-electron chi connectivity index (χ4n) is 2.81. The van der Waals surface area contributed by atoms with Crippen molar-refractivity contribution < 1.29 is 40.7 Å². The number of hydrogen-bond donors (Lipinski definition) is 2. The van der Waals surface area contributed by atoms with Crippen molar-refractivity contribution in [2.24, 2.45) is 0 Å². The van der Waals surface area contributed by atoms with Crippen molar-refractivity contribution >= 4 is 17.5 Å². The molecule has 2 amide bonds. The molecule has 0 saturated heterocycles. The number of carbonyl (C=O) groups is 2. The standard InChI is InChI=1S/C20H17F6N5O3/c21-15-2-1-13(34-19(22)23)6-14(15)18(33)28-9-12-10-31-16(30-12)5-11(8-29-31)7-27-17(32)3-4-20(24,25)26/h1-2,5-6,8,10,19H,3-4,7,9H2,(H,27,32)(H,28,33). The summed E-state index contributed by atoms with van der Waals surface area (Å²) in [6.45, 7) is -3.34. The lowest BCUT2D eigenvalue weighted by Crippen LogP contribution is -2.24. The Morgan fingerprint density at radius 1 is 1.12 bits per heavy atom. The van der Waals surface area contributed by atoms with Gasteiger partial charge in [0.25, 0.3) is 5.91 Å². The Balaban J connectivity index is 1.59. The summed E-state index contributed by atoms with van der Waals surface area (Å²) in [4.78, 5) is 28.0. The predicted octanol–water partition coefficient (Wildman–Crippen LogP) is 3.36. The zero-order chi connectivity index (χ0) is 24.9. The maximum atomic E-state index is 13.9. The molecule has 0 saturated carbocycles. The zero-order valence-corrected chi connectivity index (χ0v) is 17.2. The Morgan fingerprint density at radius 3 is 2.59 bits per heavy atom. The molecule has 0 radical (unpaired) electrons. The van der Waals surface area contributed by atoms with Gasteiger partial charge in [-0.2, -0.15) is 27.1 Å². The minimum absolute atomic E-state index is 0.0601. The number of amides is 2. The summed E-state index contributed by atoms with van der Waals surface area (Å²) in [5.74, 6) is -2.96. The molecule has 0 unspecified atom stereocenters. The maximum Gasteiger partial charge on any atom is 0.389 e. The molecule has 14 heteroatoms. The van der Waals surface area contributed by atoms with Crippen LogP contribution in [-0.2, 0) is 17.9 Å². The van der Waals surface area contributed by atoms with Gasteiger partial charge in [0, 0.05) is 13.0 Å². The molecule has 0 spiro atoms. The molecule has 0 bridgehead atoms. The van der Waals surface area contributed by atoms with Gasteiger partial charge in [0.1, 0.15) is 11.6 Å². The summed E-state index contributed by atoms with van der Waals surface area (Å²) >= 11 is 0. The summed E-state index contributed by atoms with van der Waals surface area (Å²) in [7, 11) is 0. The van der Waals surface area contributed by atoms with E-state index in [-0.39, 0.29) is 18.8 Å². The minimum atomic E-state index is -4.42. The van der Waals surface area contributed by atoms with Gasteiger partial charge >= 0.3 is 12.8 Å². The van der Waals surface area contributed by atoms with E-state index in [0.29, 0.717) is 16.9 Å². The topological polar surface area (TPSA) is 97.6 Å². The molecule has 2 aromatic heterocycles. The van der Waals surface area contributed by atoms with Crippen LogP contribution < -0.4 is 15.4 Å². The lowest BCUT2D eigenvalue weighted by molar-refractivity contribution is -0.144. The number of carbonyl (C=O) groups excluding carboxylic acids is 2. The van der Waals surface area contributed by atoms with Crippen LogP contribution in [0.15, 0.2) is 36.7 Å². The number of imidazole rings is 1. The largest absolute Gasteiger partial charge is 0.435 e. The highest BCUT2D eigenvalue weighted by atomic mass is 19.4. The number of nitrogens with zero attached hydrogens (tertiary/aromatic N) is 3. The second-order valence-corrected chi connectivity index (χ2v) is 6.99. The number of alkyl halides is 5. The van der Waals surface area contributed by atoms with Crippen LogP contribution in [0.5, 0.6) is 5.75 Å². The van der Waals surface area contributed by atoms with Crippen molar-refractivity contribution in [3.05, 3.63) is 59.3 Å². The number of halogens is 6. The highest BCUT2D eigenvalue weighted by molar-refractivity contribution is 5.94. The van der Waals surface area contributed by atoms with Crippen LogP contribution in [0.4, 0.5) is 26.3 Å². The molecule has 0 aliphatic heterocycles. The van der Waals surface area contributed by atoms with E-state index in [9.17, 15) is 35.9 Å². The Kier molecular flexibility index (Phi) is 7.58. The molecule has 2 N–H and O–H groups in total. The van der Waals surface area contributed by atoms with E-state index >= 15 is 0 Å². The molecule has 182 valence electrons. The van der Waals surface area contributed by atoms with E-state index in [1.165, 1.54) is 23.0 Å². The number of nitrogens with one attached hydrogen (secondary N) is 2. The van der Waals surface area contributed by atoms with E-state index in [2.05, 4.69) is 25.5 Å². The van der Waals surface area contributed by atoms with Crippen LogP contribution in [-0.4, -0.2) is 39.2 Å². The lowest BCUT2D eigenvalue weighted by atomic mass is 10.2. The van der Waals surface area contributed by atoms with Crippen molar-refractivity contribution in [3.63, 3.8) is 0 Å². The average molecular weight is 489 g/mol. The number of fused-ring (bicyclic) bond motifs is 1. The monoisotopic (exact) mass is 489 g/mol. The Labute approximate surface area is 187 Å². The van der Waals surface area contributed by atoms with Gasteiger partial charge in [0.05, 0.1) is 36.6 Å². The zero-order valence-electron chi connectivity index (χ0n) is 17.2. The van der Waals surface area contributed by atoms with Crippen LogP contribution in [0.1, 0.15) is 34.5 Å². The average Bonchev–Trinajstić information content (AvgIpc) is 3.17. The summed E-state index contributed by atoms with van der Waals surface area (Å²) in [6.07, 6.45) is -3.49. The first-order valence-corrected chi connectivity index (χ1v) is 9.69. The number of hydrogen-bond acceptors (Lipinski definition) is 5. The predicted molar refractivity (Wildman–Crippen MR) is 104 cm³/mol. The van der Waals surface area contributed by atoms with Crippen LogP contribution in [0.2, 0.25) is 0 Å². The lowest BCUT2D eigenvalue weighted by Gasteiger charge is -2.08. The Bertz CT molecular complexity index is 1180. The SMILES string of the molecule is O=C(CCC(F)(F)F)NCc1cnn2cc(CNC(=O)c3cc(OC(F)F)ccc3F)nc2c1. The third kappa shape index (κ3) is 7.08. The van der Waals surface area contributed by atoms with Crippen LogP contribution in [0, 0.1) is 5.82 Å². The van der Waals surface area contributed by atoms with E-state index in [4.69, 9.17) is 0 Å². The number of ether oxygens (including phenoxy) is 1. The normalized spacial score (nSPS) is 11.6. The number of aromatic nitrogens is 3. The third-order valence-corrected chi connectivity index (χ3v) is 4.39. The highest BCUT2D eigenvalue weighted by Crippen LogP contribution is 2.21. The number of rotatable bonds is 9. The second-order valence-electron chi connectivity index (χ2n) is 6.99. The van der Waals surface area contributed by atoms with E-state index in [1.54, 1.807) is 0 Å². The molecule has 0 fully saturated rings. The third-order valence-electron chi connectivity index (χ3n) is 4.39. The van der Waals surface area contributed by atoms with Crippen LogP contribution >= 0.6 is 0 Å². The van der Waals surface area contributed by atoms with Gasteiger partial charge in [-0.15, -0.1) is 0 Å². The molecule has 8 nitrogen and oxygen atoms in total. The van der Waals surface area contributed by atoms with E-state index in [1.807, 2.05) is 0 Å². The smallest absolute Gasteiger partial charge is 0.389 e. The van der Waals surface area contributed by atoms with Crippen LogP contribution in [0.25, 0.3) is 5.65 Å². The molecule has 0 aliphatic rings. The molecule has 0 aliphatic carbocycles. The minimum Gasteiger partial charge on any atom is -0.435 e. The van der Waals surface area contributed by atoms with Crippen molar-refractivity contribution in [2.45, 2.75) is 38.7 Å². The summed E-state index contributed by atoms with van der Waals surface area (Å²) in [6, 6.07) is 4.16. The molecule has 3 aromatic rings. The van der Waals surface area contributed by atoms with Crippen LogP contribution in [0.3, 0.4) is 0 Å². The molecular formula is C20H17F6N5O3. The van der Waals surface area contributed by atoms with Crippen molar-refractivity contribution in [3.8, 4) is 5.75 Å². The molecule has 2 heterocycles. The van der Waals surface area contributed by atoms with Gasteiger partial charge in [-0.25, -0.2) is 13.9 Å². The van der Waals surface area contributed by atoms with Crippen molar-refractivity contribution in [1.82, 2.24) is 25.2 Å². The first-order chi connectivity index (χ1) is 16.0. The first-order valence-electron chi connectivity index (χ1n) is 9.69. The maximum absolute atomic E-state index is 13.9. The van der Waals surface area contributed by atoms with Gasteiger partial charge in [-0.3, -0.25) is 9.59 Å². The molecule has 34 heavy (non-hydrogen) atoms. The fraction of sp³-hybridized carbons (Fsp3) is 0.300. The van der Waals surface area contributed by atoms with Gasteiger partial charge in [-0.1, -0.05) is 0 Å². The van der Waals surface area contributed by atoms with E-state index in [0.717, 1.165) is 18.2 Å². The van der Waals surface area contributed by atoms with Gasteiger partial charge in [0.2, 0.25) is 5.91 Å². The van der Waals surface area contributed by atoms with E-state index < -0.39 is 48.8 Å². The quantitative estimate of drug-likeness (QED) is 0.450. The first kappa shape index (κ1) is 24.8.